The molecule has 0 unspecified atom stereocenters. The molecule has 132 valence electrons. The van der Waals surface area contributed by atoms with E-state index in [0.717, 1.165) is 19.3 Å². The van der Waals surface area contributed by atoms with Crippen LogP contribution in [0.4, 0.5) is 0 Å². The maximum absolute atomic E-state index is 13.3. The average molecular weight is 340 g/mol. The van der Waals surface area contributed by atoms with Gasteiger partial charge < -0.3 is 4.74 Å². The second kappa shape index (κ2) is 5.61. The summed E-state index contributed by atoms with van der Waals surface area (Å²) in [5, 5.41) is 0. The monoisotopic (exact) mass is 340 g/mol. The third-order valence-electron chi connectivity index (χ3n) is 5.86. The molecule has 5 nitrogen and oxygen atoms in total. The normalized spacial score (nSPS) is 27.1. The predicted octanol–water partition coefficient (Wildman–Crippen LogP) is 3.22. The zero-order valence-corrected chi connectivity index (χ0v) is 14.9. The minimum absolute atomic E-state index is 0.127. The standard InChI is InChI=1S/C20H24N2O3/c1-12-9-10-15-14(11-12)16-17(25-20(15,2)3)21-19(24)22(18(16)23)13-7-5-4-6-8-13/h4-8,12,14-15H,9-11H2,1-3H3,(H,21,24)/t12-,14+,15+/m1/s1. The van der Waals surface area contributed by atoms with Crippen LogP contribution in [-0.2, 0) is 0 Å². The molecule has 0 spiro atoms. The maximum atomic E-state index is 13.3. The van der Waals surface area contributed by atoms with Crippen LogP contribution < -0.4 is 16.0 Å². The quantitative estimate of drug-likeness (QED) is 0.867. The number of nitrogens with zero attached hydrogens (tertiary/aromatic N) is 1. The molecule has 1 fully saturated rings. The molecule has 1 aromatic carbocycles. The van der Waals surface area contributed by atoms with Gasteiger partial charge in [-0.1, -0.05) is 31.5 Å². The zero-order chi connectivity index (χ0) is 17.8. The van der Waals surface area contributed by atoms with Crippen LogP contribution >= 0.6 is 0 Å². The molecule has 0 bridgehead atoms. The van der Waals surface area contributed by atoms with E-state index in [4.69, 9.17) is 4.74 Å². The van der Waals surface area contributed by atoms with Gasteiger partial charge in [0.2, 0.25) is 5.88 Å². The van der Waals surface area contributed by atoms with Gasteiger partial charge in [0.15, 0.2) is 0 Å². The van der Waals surface area contributed by atoms with Gasteiger partial charge in [-0.05, 0) is 44.7 Å². The Morgan fingerprint density at radius 3 is 2.60 bits per heavy atom. The highest BCUT2D eigenvalue weighted by molar-refractivity contribution is 5.38. The summed E-state index contributed by atoms with van der Waals surface area (Å²) in [4.78, 5) is 28.7. The lowest BCUT2D eigenvalue weighted by atomic mass is 9.65. The summed E-state index contributed by atoms with van der Waals surface area (Å²) in [5.41, 5.74) is 0.144. The number of hydrogen-bond acceptors (Lipinski definition) is 3. The largest absolute Gasteiger partial charge is 0.472 e. The second-order valence-electron chi connectivity index (χ2n) is 7.99. The molecule has 2 heterocycles. The van der Waals surface area contributed by atoms with Gasteiger partial charge in [-0.3, -0.25) is 9.78 Å². The van der Waals surface area contributed by atoms with E-state index in [1.54, 1.807) is 12.1 Å². The van der Waals surface area contributed by atoms with Crippen LogP contribution in [0.3, 0.4) is 0 Å². The topological polar surface area (TPSA) is 64.1 Å². The van der Waals surface area contributed by atoms with Gasteiger partial charge in [0.25, 0.3) is 5.56 Å². The molecule has 3 atom stereocenters. The second-order valence-corrected chi connectivity index (χ2v) is 7.99. The summed E-state index contributed by atoms with van der Waals surface area (Å²) in [6, 6.07) is 9.07. The van der Waals surface area contributed by atoms with Crippen molar-refractivity contribution in [1.29, 1.82) is 0 Å². The van der Waals surface area contributed by atoms with Gasteiger partial charge >= 0.3 is 5.69 Å². The van der Waals surface area contributed by atoms with Crippen molar-refractivity contribution in [2.45, 2.75) is 51.6 Å². The molecule has 0 saturated heterocycles. The van der Waals surface area contributed by atoms with E-state index in [1.807, 2.05) is 18.2 Å². The fourth-order valence-electron chi connectivity index (χ4n) is 4.62. The van der Waals surface area contributed by atoms with Crippen LogP contribution in [0.1, 0.15) is 51.5 Å². The van der Waals surface area contributed by atoms with E-state index in [1.165, 1.54) is 4.57 Å². The third-order valence-corrected chi connectivity index (χ3v) is 5.86. The molecular weight excluding hydrogens is 316 g/mol. The molecule has 1 saturated carbocycles. The minimum atomic E-state index is -0.451. The number of H-pyrrole nitrogens is 1. The fourth-order valence-corrected chi connectivity index (χ4v) is 4.62. The molecule has 0 amide bonds. The van der Waals surface area contributed by atoms with Crippen LogP contribution in [0.2, 0.25) is 0 Å². The van der Waals surface area contributed by atoms with Crippen LogP contribution in [0.25, 0.3) is 5.69 Å². The fraction of sp³-hybridized carbons (Fsp3) is 0.500. The Balaban J connectivity index is 1.95. The Kier molecular flexibility index (Phi) is 3.63. The number of aromatic nitrogens is 2. The van der Waals surface area contributed by atoms with E-state index in [2.05, 4.69) is 25.8 Å². The van der Waals surface area contributed by atoms with Crippen molar-refractivity contribution < 1.29 is 4.74 Å². The highest BCUT2D eigenvalue weighted by atomic mass is 16.5. The first kappa shape index (κ1) is 16.2. The Morgan fingerprint density at radius 2 is 1.88 bits per heavy atom. The summed E-state index contributed by atoms with van der Waals surface area (Å²) >= 11 is 0. The Morgan fingerprint density at radius 1 is 1.16 bits per heavy atom. The lowest BCUT2D eigenvalue weighted by Gasteiger charge is -2.47. The molecule has 1 aliphatic carbocycles. The summed E-state index contributed by atoms with van der Waals surface area (Å²) in [6.07, 6.45) is 3.15. The Labute approximate surface area is 146 Å². The van der Waals surface area contributed by atoms with E-state index in [-0.39, 0.29) is 17.1 Å². The van der Waals surface area contributed by atoms with Gasteiger partial charge in [0.1, 0.15) is 5.60 Å². The molecule has 1 aliphatic heterocycles. The first-order chi connectivity index (χ1) is 11.9. The summed E-state index contributed by atoms with van der Waals surface area (Å²) in [5.74, 6) is 1.35. The van der Waals surface area contributed by atoms with Crippen molar-refractivity contribution in [2.75, 3.05) is 0 Å². The molecule has 25 heavy (non-hydrogen) atoms. The SMILES string of the molecule is C[C@@H]1CC[C@H]2[C@H](C1)c1c([nH]c(=O)n(-c3ccccc3)c1=O)OC2(C)C. The van der Waals surface area contributed by atoms with Gasteiger partial charge in [0, 0.05) is 11.8 Å². The molecular formula is C20H24N2O3. The summed E-state index contributed by atoms with van der Waals surface area (Å²) in [7, 11) is 0. The zero-order valence-electron chi connectivity index (χ0n) is 14.9. The predicted molar refractivity (Wildman–Crippen MR) is 96.6 cm³/mol. The molecule has 4 rings (SSSR count). The number of benzene rings is 1. The minimum Gasteiger partial charge on any atom is -0.472 e. The van der Waals surface area contributed by atoms with Gasteiger partial charge in [0.05, 0.1) is 11.3 Å². The van der Waals surface area contributed by atoms with Crippen molar-refractivity contribution >= 4 is 0 Å². The highest BCUT2D eigenvalue weighted by Crippen LogP contribution is 2.50. The lowest BCUT2D eigenvalue weighted by molar-refractivity contribution is -0.0190. The van der Waals surface area contributed by atoms with E-state index in [0.29, 0.717) is 29.0 Å². The third kappa shape index (κ3) is 2.53. The first-order valence-corrected chi connectivity index (χ1v) is 9.02. The van der Waals surface area contributed by atoms with Crippen molar-refractivity contribution in [1.82, 2.24) is 9.55 Å². The number of hydrogen-bond donors (Lipinski definition) is 1. The molecule has 1 aromatic heterocycles. The summed E-state index contributed by atoms with van der Waals surface area (Å²) in [6.45, 7) is 6.36. The first-order valence-electron chi connectivity index (χ1n) is 9.02. The smallest absolute Gasteiger partial charge is 0.335 e. The molecule has 2 aliphatic rings. The lowest BCUT2D eigenvalue weighted by Crippen LogP contribution is -2.51. The van der Waals surface area contributed by atoms with Crippen molar-refractivity contribution in [3.8, 4) is 11.6 Å². The van der Waals surface area contributed by atoms with Crippen molar-refractivity contribution in [3.63, 3.8) is 0 Å². The number of aromatic amines is 1. The molecule has 1 N–H and O–H groups in total. The van der Waals surface area contributed by atoms with E-state index < -0.39 is 5.69 Å². The van der Waals surface area contributed by atoms with Gasteiger partial charge in [-0.25, -0.2) is 9.36 Å². The highest BCUT2D eigenvalue weighted by Gasteiger charge is 2.48. The molecule has 5 heteroatoms. The van der Waals surface area contributed by atoms with Crippen molar-refractivity contribution in [2.24, 2.45) is 11.8 Å². The Hall–Kier alpha value is -2.30. The van der Waals surface area contributed by atoms with Crippen LogP contribution in [0.5, 0.6) is 5.88 Å². The number of para-hydroxylation sites is 1. The van der Waals surface area contributed by atoms with Crippen LogP contribution in [0, 0.1) is 11.8 Å². The van der Waals surface area contributed by atoms with E-state index in [9.17, 15) is 9.59 Å². The number of rotatable bonds is 1. The molecule has 0 radical (unpaired) electrons. The number of nitrogens with one attached hydrogen (secondary N) is 1. The Bertz CT molecular complexity index is 911. The number of ether oxygens (including phenoxy) is 1. The van der Waals surface area contributed by atoms with E-state index >= 15 is 0 Å². The average Bonchev–Trinajstić information content (AvgIpc) is 2.54. The van der Waals surface area contributed by atoms with Gasteiger partial charge in [-0.2, -0.15) is 0 Å². The molecule has 2 aromatic rings. The van der Waals surface area contributed by atoms with Gasteiger partial charge in [-0.15, -0.1) is 0 Å². The maximum Gasteiger partial charge on any atom is 0.335 e. The van der Waals surface area contributed by atoms with Crippen molar-refractivity contribution in [3.05, 3.63) is 56.7 Å². The van der Waals surface area contributed by atoms with Crippen LogP contribution in [-0.4, -0.2) is 15.2 Å². The van der Waals surface area contributed by atoms with Crippen LogP contribution in [0.15, 0.2) is 39.9 Å². The summed E-state index contributed by atoms with van der Waals surface area (Å²) < 4.78 is 7.34. The number of fused-ring (bicyclic) bond motifs is 3.